The maximum absolute atomic E-state index is 8.87. The SMILES string of the molecule is N#Cc1cc(CN2CCCC3(C2)OCCO3)ccn1. The van der Waals surface area contributed by atoms with Crippen LogP contribution in [0.4, 0.5) is 0 Å². The van der Waals surface area contributed by atoms with Crippen molar-refractivity contribution in [3.8, 4) is 6.07 Å². The third-order valence-electron chi connectivity index (χ3n) is 3.66. The lowest BCUT2D eigenvalue weighted by Crippen LogP contribution is -2.48. The van der Waals surface area contributed by atoms with E-state index in [0.717, 1.165) is 38.0 Å². The van der Waals surface area contributed by atoms with Gasteiger partial charge in [-0.15, -0.1) is 0 Å². The second-order valence-electron chi connectivity index (χ2n) is 5.08. The summed E-state index contributed by atoms with van der Waals surface area (Å²) >= 11 is 0. The van der Waals surface area contributed by atoms with E-state index in [-0.39, 0.29) is 5.79 Å². The van der Waals surface area contributed by atoms with Crippen LogP contribution in [0.2, 0.25) is 0 Å². The normalized spacial score (nSPS) is 22.5. The van der Waals surface area contributed by atoms with Crippen LogP contribution < -0.4 is 0 Å². The molecule has 0 aromatic carbocycles. The summed E-state index contributed by atoms with van der Waals surface area (Å²) in [7, 11) is 0. The van der Waals surface area contributed by atoms with Gasteiger partial charge in [0.15, 0.2) is 5.79 Å². The van der Waals surface area contributed by atoms with Crippen molar-refractivity contribution in [2.75, 3.05) is 26.3 Å². The van der Waals surface area contributed by atoms with Gasteiger partial charge in [0, 0.05) is 19.2 Å². The molecule has 0 N–H and O–H groups in total. The molecule has 19 heavy (non-hydrogen) atoms. The van der Waals surface area contributed by atoms with Crippen molar-refractivity contribution in [2.24, 2.45) is 0 Å². The molecular weight excluding hydrogens is 242 g/mol. The molecule has 5 heteroatoms. The van der Waals surface area contributed by atoms with Gasteiger partial charge in [-0.3, -0.25) is 4.90 Å². The number of nitrogens with zero attached hydrogens (tertiary/aromatic N) is 3. The molecule has 5 nitrogen and oxygen atoms in total. The van der Waals surface area contributed by atoms with Crippen molar-refractivity contribution in [3.63, 3.8) is 0 Å². The number of nitriles is 1. The summed E-state index contributed by atoms with van der Waals surface area (Å²) in [6.45, 7) is 4.05. The van der Waals surface area contributed by atoms with E-state index in [1.807, 2.05) is 12.1 Å². The third-order valence-corrected chi connectivity index (χ3v) is 3.66. The zero-order valence-electron chi connectivity index (χ0n) is 10.8. The number of hydrogen-bond acceptors (Lipinski definition) is 5. The smallest absolute Gasteiger partial charge is 0.181 e. The van der Waals surface area contributed by atoms with E-state index in [1.54, 1.807) is 6.20 Å². The zero-order valence-corrected chi connectivity index (χ0v) is 10.8. The number of piperidine rings is 1. The molecule has 2 aliphatic heterocycles. The van der Waals surface area contributed by atoms with Crippen LogP contribution in [0.3, 0.4) is 0 Å². The number of hydrogen-bond donors (Lipinski definition) is 0. The number of ether oxygens (including phenoxy) is 2. The Kier molecular flexibility index (Phi) is 3.47. The zero-order chi connectivity index (χ0) is 13.1. The summed E-state index contributed by atoms with van der Waals surface area (Å²) in [6, 6.07) is 5.88. The minimum atomic E-state index is -0.386. The van der Waals surface area contributed by atoms with Crippen molar-refractivity contribution >= 4 is 0 Å². The molecule has 3 rings (SSSR count). The van der Waals surface area contributed by atoms with Crippen LogP contribution in [0.15, 0.2) is 18.3 Å². The van der Waals surface area contributed by atoms with Gasteiger partial charge in [-0.2, -0.15) is 5.26 Å². The molecule has 1 spiro atoms. The van der Waals surface area contributed by atoms with Crippen LogP contribution in [0.5, 0.6) is 0 Å². The van der Waals surface area contributed by atoms with Crippen LogP contribution in [-0.2, 0) is 16.0 Å². The molecule has 0 unspecified atom stereocenters. The van der Waals surface area contributed by atoms with Gasteiger partial charge in [0.05, 0.1) is 19.8 Å². The average molecular weight is 259 g/mol. The molecular formula is C14H17N3O2. The molecule has 1 aromatic rings. The van der Waals surface area contributed by atoms with E-state index in [1.165, 1.54) is 0 Å². The summed E-state index contributed by atoms with van der Waals surface area (Å²) in [4.78, 5) is 6.32. The lowest BCUT2D eigenvalue weighted by Gasteiger charge is -2.38. The Hall–Kier alpha value is -1.48. The van der Waals surface area contributed by atoms with Crippen LogP contribution in [0.25, 0.3) is 0 Å². The molecule has 100 valence electrons. The van der Waals surface area contributed by atoms with E-state index >= 15 is 0 Å². The number of rotatable bonds is 2. The Balaban J connectivity index is 1.67. The lowest BCUT2D eigenvalue weighted by molar-refractivity contribution is -0.190. The highest BCUT2D eigenvalue weighted by Gasteiger charge is 2.40. The molecule has 2 saturated heterocycles. The number of likely N-dealkylation sites (tertiary alicyclic amines) is 1. The summed E-state index contributed by atoms with van der Waals surface area (Å²) < 4.78 is 11.5. The van der Waals surface area contributed by atoms with Crippen LogP contribution in [-0.4, -0.2) is 42.0 Å². The quantitative estimate of drug-likeness (QED) is 0.801. The summed E-state index contributed by atoms with van der Waals surface area (Å²) in [5.41, 5.74) is 1.58. The molecule has 3 heterocycles. The minimum Gasteiger partial charge on any atom is -0.346 e. The van der Waals surface area contributed by atoms with E-state index in [4.69, 9.17) is 14.7 Å². The highest BCUT2D eigenvalue weighted by molar-refractivity contribution is 5.25. The Morgan fingerprint density at radius 2 is 2.26 bits per heavy atom. The first-order valence-corrected chi connectivity index (χ1v) is 6.65. The number of aromatic nitrogens is 1. The van der Waals surface area contributed by atoms with Gasteiger partial charge >= 0.3 is 0 Å². The molecule has 1 aromatic heterocycles. The fourth-order valence-electron chi connectivity index (χ4n) is 2.83. The van der Waals surface area contributed by atoms with Crippen molar-refractivity contribution < 1.29 is 9.47 Å². The molecule has 0 atom stereocenters. The molecule has 0 aliphatic carbocycles. The predicted octanol–water partition coefficient (Wildman–Crippen LogP) is 1.29. The van der Waals surface area contributed by atoms with Crippen LogP contribution >= 0.6 is 0 Å². The topological polar surface area (TPSA) is 58.4 Å². The monoisotopic (exact) mass is 259 g/mol. The molecule has 0 amide bonds. The second kappa shape index (κ2) is 5.25. The van der Waals surface area contributed by atoms with Crippen LogP contribution in [0.1, 0.15) is 24.1 Å². The van der Waals surface area contributed by atoms with Crippen molar-refractivity contribution in [3.05, 3.63) is 29.6 Å². The van der Waals surface area contributed by atoms with Gasteiger partial charge in [0.2, 0.25) is 0 Å². The standard InChI is InChI=1S/C14H17N3O2/c15-9-13-8-12(2-4-16-13)10-17-5-1-3-14(11-17)18-6-7-19-14/h2,4,8H,1,3,5-7,10-11H2. The van der Waals surface area contributed by atoms with E-state index in [9.17, 15) is 0 Å². The summed E-state index contributed by atoms with van der Waals surface area (Å²) in [5, 5.41) is 8.87. The molecule has 0 saturated carbocycles. The third kappa shape index (κ3) is 2.76. The van der Waals surface area contributed by atoms with Crippen molar-refractivity contribution in [1.82, 2.24) is 9.88 Å². The maximum atomic E-state index is 8.87. The van der Waals surface area contributed by atoms with Gasteiger partial charge < -0.3 is 9.47 Å². The first-order chi connectivity index (χ1) is 9.30. The highest BCUT2D eigenvalue weighted by Crippen LogP contribution is 2.30. The van der Waals surface area contributed by atoms with E-state index in [0.29, 0.717) is 18.9 Å². The highest BCUT2D eigenvalue weighted by atomic mass is 16.7. The van der Waals surface area contributed by atoms with Gasteiger partial charge in [-0.1, -0.05) is 0 Å². The Morgan fingerprint density at radius 1 is 1.42 bits per heavy atom. The predicted molar refractivity (Wildman–Crippen MR) is 68.1 cm³/mol. The van der Waals surface area contributed by atoms with Crippen molar-refractivity contribution in [2.45, 2.75) is 25.2 Å². The average Bonchev–Trinajstić information content (AvgIpc) is 2.87. The van der Waals surface area contributed by atoms with E-state index in [2.05, 4.69) is 16.0 Å². The first-order valence-electron chi connectivity index (χ1n) is 6.65. The Morgan fingerprint density at radius 3 is 3.05 bits per heavy atom. The largest absolute Gasteiger partial charge is 0.346 e. The maximum Gasteiger partial charge on any atom is 0.181 e. The Labute approximate surface area is 112 Å². The Bertz CT molecular complexity index is 492. The summed E-state index contributed by atoms with van der Waals surface area (Å²) in [6.07, 6.45) is 3.75. The number of pyridine rings is 1. The van der Waals surface area contributed by atoms with Crippen LogP contribution in [0, 0.1) is 11.3 Å². The minimum absolute atomic E-state index is 0.386. The lowest BCUT2D eigenvalue weighted by atomic mass is 10.0. The summed E-state index contributed by atoms with van der Waals surface area (Å²) in [5.74, 6) is -0.386. The molecule has 0 bridgehead atoms. The molecule has 0 radical (unpaired) electrons. The van der Waals surface area contributed by atoms with Gasteiger partial charge in [-0.25, -0.2) is 4.98 Å². The molecule has 2 fully saturated rings. The van der Waals surface area contributed by atoms with Gasteiger partial charge in [0.1, 0.15) is 11.8 Å². The van der Waals surface area contributed by atoms with Gasteiger partial charge in [0.25, 0.3) is 0 Å². The molecule has 2 aliphatic rings. The van der Waals surface area contributed by atoms with Gasteiger partial charge in [-0.05, 0) is 30.7 Å². The fraction of sp³-hybridized carbons (Fsp3) is 0.571. The van der Waals surface area contributed by atoms with Crippen molar-refractivity contribution in [1.29, 1.82) is 5.26 Å². The van der Waals surface area contributed by atoms with E-state index < -0.39 is 0 Å². The first kappa shape index (κ1) is 12.5. The fourth-order valence-corrected chi connectivity index (χ4v) is 2.83. The second-order valence-corrected chi connectivity index (χ2v) is 5.08.